The normalized spacial score (nSPS) is 22.0. The summed E-state index contributed by atoms with van der Waals surface area (Å²) in [6, 6.07) is 13.8. The van der Waals surface area contributed by atoms with Crippen LogP contribution in [0.1, 0.15) is 24.0 Å². The van der Waals surface area contributed by atoms with Crippen molar-refractivity contribution in [1.29, 1.82) is 0 Å². The third kappa shape index (κ3) is 4.02. The number of alkyl halides is 1. The Labute approximate surface area is 204 Å². The molecule has 1 fully saturated rings. The van der Waals surface area contributed by atoms with Gasteiger partial charge < -0.3 is 11.1 Å². The lowest BCUT2D eigenvalue weighted by atomic mass is 10.0. The number of nitrogens with one attached hydrogen (secondary N) is 1. The van der Waals surface area contributed by atoms with Gasteiger partial charge in [-0.05, 0) is 61.4 Å². The zero-order chi connectivity index (χ0) is 23.4. The highest BCUT2D eigenvalue weighted by molar-refractivity contribution is 9.10. The Kier molecular flexibility index (Phi) is 6.03. The van der Waals surface area contributed by atoms with Crippen LogP contribution in [0.5, 0.6) is 0 Å². The lowest BCUT2D eigenvalue weighted by Gasteiger charge is -2.14. The maximum Gasteiger partial charge on any atom is 0.156 e. The van der Waals surface area contributed by atoms with Gasteiger partial charge >= 0.3 is 0 Å². The SMILES string of the molecule is C=C(Nc1ccc(Cl)c(-c2ccc(F)c(N)c2F)c1)C1C(c2ccc(C)c(Br)c2)C1(C)Cl. The fraction of sp³-hybridized carbons (Fsp3) is 0.200. The Bertz CT molecular complexity index is 1240. The molecule has 0 heterocycles. The highest BCUT2D eigenvalue weighted by Crippen LogP contribution is 2.64. The number of allylic oxidation sites excluding steroid dienone is 1. The molecule has 0 aliphatic heterocycles. The minimum Gasteiger partial charge on any atom is -0.394 e. The van der Waals surface area contributed by atoms with Gasteiger partial charge in [0.1, 0.15) is 11.5 Å². The van der Waals surface area contributed by atoms with Crippen LogP contribution >= 0.6 is 39.1 Å². The Morgan fingerprint density at radius 2 is 1.84 bits per heavy atom. The molecule has 32 heavy (non-hydrogen) atoms. The van der Waals surface area contributed by atoms with E-state index in [9.17, 15) is 8.78 Å². The largest absolute Gasteiger partial charge is 0.394 e. The molecule has 3 aromatic carbocycles. The maximum atomic E-state index is 14.6. The van der Waals surface area contributed by atoms with E-state index < -0.39 is 22.2 Å². The summed E-state index contributed by atoms with van der Waals surface area (Å²) in [6.45, 7) is 8.24. The first kappa shape index (κ1) is 23.1. The van der Waals surface area contributed by atoms with Crippen molar-refractivity contribution in [2.45, 2.75) is 24.6 Å². The number of anilines is 2. The molecule has 0 spiro atoms. The predicted octanol–water partition coefficient (Wildman–Crippen LogP) is 8.28. The van der Waals surface area contributed by atoms with E-state index in [0.29, 0.717) is 16.3 Å². The molecule has 1 aliphatic rings. The Morgan fingerprint density at radius 3 is 2.53 bits per heavy atom. The summed E-state index contributed by atoms with van der Waals surface area (Å²) in [6.07, 6.45) is 0. The molecule has 3 N–H and O–H groups in total. The summed E-state index contributed by atoms with van der Waals surface area (Å²) in [5, 5.41) is 3.61. The summed E-state index contributed by atoms with van der Waals surface area (Å²) in [4.78, 5) is -0.481. The molecule has 1 aliphatic carbocycles. The first-order valence-electron chi connectivity index (χ1n) is 9.96. The Balaban J connectivity index is 1.60. The monoisotopic (exact) mass is 536 g/mol. The number of nitrogen functional groups attached to an aromatic ring is 1. The van der Waals surface area contributed by atoms with Gasteiger partial charge in [-0.3, -0.25) is 0 Å². The van der Waals surface area contributed by atoms with Gasteiger partial charge in [0.15, 0.2) is 5.82 Å². The minimum absolute atomic E-state index is 0.00361. The molecule has 0 amide bonds. The second-order valence-corrected chi connectivity index (χ2v) is 10.4. The van der Waals surface area contributed by atoms with Gasteiger partial charge in [0.05, 0.1) is 4.87 Å². The van der Waals surface area contributed by atoms with Gasteiger partial charge in [-0.15, -0.1) is 11.6 Å². The maximum absolute atomic E-state index is 14.6. The van der Waals surface area contributed by atoms with Crippen molar-refractivity contribution in [2.75, 3.05) is 11.1 Å². The molecule has 1 saturated carbocycles. The molecule has 7 heteroatoms. The smallest absolute Gasteiger partial charge is 0.156 e. The van der Waals surface area contributed by atoms with Crippen LogP contribution < -0.4 is 11.1 Å². The molecule has 3 unspecified atom stereocenters. The average Bonchev–Trinajstić information content (AvgIpc) is 3.32. The van der Waals surface area contributed by atoms with Crippen LogP contribution in [-0.4, -0.2) is 4.87 Å². The lowest BCUT2D eigenvalue weighted by Crippen LogP contribution is -2.05. The standard InChI is InChI=1S/C25H21BrCl2F2N2/c1-12-4-5-14(10-18(12)26)22-21(25(22,3)28)13(2)32-15-6-8-19(27)17(11-15)16-7-9-20(29)24(31)23(16)30/h4-11,21-22,32H,2,31H2,1,3H3. The van der Waals surface area contributed by atoms with Gasteiger partial charge in [0, 0.05) is 43.8 Å². The van der Waals surface area contributed by atoms with Crippen LogP contribution in [0, 0.1) is 24.5 Å². The van der Waals surface area contributed by atoms with E-state index in [-0.39, 0.29) is 17.4 Å². The van der Waals surface area contributed by atoms with Gasteiger partial charge in [0.2, 0.25) is 0 Å². The first-order valence-corrected chi connectivity index (χ1v) is 11.5. The summed E-state index contributed by atoms with van der Waals surface area (Å²) < 4.78 is 29.2. The van der Waals surface area contributed by atoms with E-state index in [4.69, 9.17) is 28.9 Å². The van der Waals surface area contributed by atoms with E-state index in [1.807, 2.05) is 13.8 Å². The second-order valence-electron chi connectivity index (χ2n) is 8.28. The zero-order valence-corrected chi connectivity index (χ0v) is 20.5. The molecule has 0 bridgehead atoms. The topological polar surface area (TPSA) is 38.0 Å². The van der Waals surface area contributed by atoms with Crippen molar-refractivity contribution in [1.82, 2.24) is 0 Å². The van der Waals surface area contributed by atoms with Crippen molar-refractivity contribution < 1.29 is 8.78 Å². The summed E-state index contributed by atoms with van der Waals surface area (Å²) in [5.41, 5.74) is 9.20. The molecule has 0 aromatic heterocycles. The fourth-order valence-corrected chi connectivity index (χ4v) is 5.26. The van der Waals surface area contributed by atoms with Crippen molar-refractivity contribution in [3.05, 3.63) is 93.1 Å². The van der Waals surface area contributed by atoms with Gasteiger partial charge in [-0.1, -0.05) is 46.2 Å². The van der Waals surface area contributed by atoms with E-state index >= 15 is 0 Å². The summed E-state index contributed by atoms with van der Waals surface area (Å²) in [5.74, 6) is -1.56. The molecule has 166 valence electrons. The highest BCUT2D eigenvalue weighted by Gasteiger charge is 2.62. The van der Waals surface area contributed by atoms with Crippen molar-refractivity contribution in [3.63, 3.8) is 0 Å². The zero-order valence-electron chi connectivity index (χ0n) is 17.4. The van der Waals surface area contributed by atoms with Crippen LogP contribution in [0.2, 0.25) is 5.02 Å². The molecule has 0 saturated heterocycles. The Morgan fingerprint density at radius 1 is 1.12 bits per heavy atom. The van der Waals surface area contributed by atoms with Crippen molar-refractivity contribution in [3.8, 4) is 11.1 Å². The average molecular weight is 538 g/mol. The third-order valence-corrected chi connectivity index (χ3v) is 7.71. The lowest BCUT2D eigenvalue weighted by molar-refractivity contribution is 0.594. The van der Waals surface area contributed by atoms with Crippen LogP contribution in [0.3, 0.4) is 0 Å². The van der Waals surface area contributed by atoms with Crippen LogP contribution in [0.4, 0.5) is 20.2 Å². The van der Waals surface area contributed by atoms with Crippen molar-refractivity contribution >= 4 is 50.5 Å². The number of nitrogens with two attached hydrogens (primary N) is 1. The summed E-state index contributed by atoms with van der Waals surface area (Å²) in [7, 11) is 0. The molecule has 2 nitrogen and oxygen atoms in total. The molecule has 3 atom stereocenters. The van der Waals surface area contributed by atoms with Crippen LogP contribution in [0.25, 0.3) is 11.1 Å². The molecule has 0 radical (unpaired) electrons. The number of hydrogen-bond acceptors (Lipinski definition) is 2. The van der Waals surface area contributed by atoms with E-state index in [0.717, 1.165) is 27.4 Å². The summed E-state index contributed by atoms with van der Waals surface area (Å²) >= 11 is 16.7. The molecular formula is C25H21BrCl2F2N2. The van der Waals surface area contributed by atoms with E-state index in [1.165, 1.54) is 6.07 Å². The molecule has 3 aromatic rings. The number of hydrogen-bond donors (Lipinski definition) is 2. The van der Waals surface area contributed by atoms with Gasteiger partial charge in [-0.2, -0.15) is 0 Å². The Hall–Kier alpha value is -2.08. The van der Waals surface area contributed by atoms with Crippen LogP contribution in [0.15, 0.2) is 65.3 Å². The van der Waals surface area contributed by atoms with Gasteiger partial charge in [0.25, 0.3) is 0 Å². The second kappa shape index (κ2) is 8.36. The van der Waals surface area contributed by atoms with Crippen molar-refractivity contribution in [2.24, 2.45) is 5.92 Å². The van der Waals surface area contributed by atoms with E-state index in [1.54, 1.807) is 18.2 Å². The number of rotatable bonds is 5. The number of halogens is 5. The third-order valence-electron chi connectivity index (χ3n) is 6.06. The number of aryl methyl sites for hydroxylation is 1. The predicted molar refractivity (Wildman–Crippen MR) is 133 cm³/mol. The minimum atomic E-state index is -0.844. The first-order chi connectivity index (χ1) is 15.0. The highest BCUT2D eigenvalue weighted by atomic mass is 79.9. The molecule has 4 rings (SSSR count). The van der Waals surface area contributed by atoms with E-state index in [2.05, 4.69) is 46.0 Å². The fourth-order valence-electron chi connectivity index (χ4n) is 4.20. The quantitative estimate of drug-likeness (QED) is 0.254. The number of benzene rings is 3. The van der Waals surface area contributed by atoms with Crippen LogP contribution in [-0.2, 0) is 0 Å². The molecular weight excluding hydrogens is 517 g/mol. The van der Waals surface area contributed by atoms with Gasteiger partial charge in [-0.25, -0.2) is 8.78 Å².